The zero-order chi connectivity index (χ0) is 17.2. The summed E-state index contributed by atoms with van der Waals surface area (Å²) in [4.78, 5) is 26.6. The molecule has 1 aliphatic rings. The van der Waals surface area contributed by atoms with Crippen LogP contribution in [0.5, 0.6) is 0 Å². The third-order valence-electron chi connectivity index (χ3n) is 3.99. The third-order valence-corrected chi connectivity index (χ3v) is 6.45. The molecule has 0 saturated heterocycles. The Labute approximate surface area is 143 Å². The summed E-state index contributed by atoms with van der Waals surface area (Å²) in [5.41, 5.74) is 0.194. The topological polar surface area (TPSA) is 104 Å². The minimum atomic E-state index is -3.72. The molecule has 120 valence electrons. The molecule has 2 heterocycles. The van der Waals surface area contributed by atoms with E-state index in [4.69, 9.17) is 5.11 Å². The smallest absolute Gasteiger partial charge is 0.352 e. The number of aromatic carboxylic acids is 1. The van der Waals surface area contributed by atoms with Crippen LogP contribution in [0.2, 0.25) is 0 Å². The zero-order valence-electron chi connectivity index (χ0n) is 11.8. The van der Waals surface area contributed by atoms with Crippen LogP contribution >= 0.6 is 15.9 Å². The Morgan fingerprint density at radius 1 is 1.12 bits per heavy atom. The standard InChI is InChI=1S/C16H8BrNO5S/c17-8-5-12-13(7-3-1-2-4-11(7)24(12,22)23)14-10(19)6-9(16(20)21)18-15(8)14/h1-6H,(H,18,19)(H,20,21). The first-order valence-electron chi connectivity index (χ1n) is 6.79. The Bertz CT molecular complexity index is 1230. The van der Waals surface area contributed by atoms with E-state index in [-0.39, 0.29) is 26.4 Å². The van der Waals surface area contributed by atoms with Crippen LogP contribution in [-0.2, 0) is 9.84 Å². The number of rotatable bonds is 1. The van der Waals surface area contributed by atoms with Crippen LogP contribution in [0.25, 0.3) is 22.0 Å². The second kappa shape index (κ2) is 4.78. The molecule has 0 unspecified atom stereocenters. The van der Waals surface area contributed by atoms with E-state index >= 15 is 0 Å². The number of hydrogen-bond donors (Lipinski definition) is 2. The van der Waals surface area contributed by atoms with E-state index < -0.39 is 21.2 Å². The molecule has 0 spiro atoms. The van der Waals surface area contributed by atoms with Crippen LogP contribution in [0.1, 0.15) is 10.5 Å². The second-order valence-electron chi connectivity index (χ2n) is 5.33. The predicted octanol–water partition coefficient (Wildman–Crippen LogP) is 2.80. The van der Waals surface area contributed by atoms with E-state index in [9.17, 15) is 18.0 Å². The predicted molar refractivity (Wildman–Crippen MR) is 90.1 cm³/mol. The molecule has 4 rings (SSSR count). The Balaban J connectivity index is 2.28. The van der Waals surface area contributed by atoms with Gasteiger partial charge < -0.3 is 10.1 Å². The molecule has 24 heavy (non-hydrogen) atoms. The summed E-state index contributed by atoms with van der Waals surface area (Å²) in [6.45, 7) is 0. The number of aromatic nitrogens is 1. The second-order valence-corrected chi connectivity index (χ2v) is 8.07. The van der Waals surface area contributed by atoms with Crippen molar-refractivity contribution in [1.29, 1.82) is 0 Å². The molecule has 1 aliphatic heterocycles. The summed E-state index contributed by atoms with van der Waals surface area (Å²) in [7, 11) is -3.72. The molecule has 0 radical (unpaired) electrons. The third kappa shape index (κ3) is 1.83. The summed E-state index contributed by atoms with van der Waals surface area (Å²) < 4.78 is 25.8. The van der Waals surface area contributed by atoms with E-state index in [2.05, 4.69) is 20.9 Å². The molecule has 3 aromatic rings. The molecular formula is C16H8BrNO5S. The fourth-order valence-corrected chi connectivity index (χ4v) is 5.38. The molecule has 0 fully saturated rings. The number of aromatic amines is 1. The highest BCUT2D eigenvalue weighted by molar-refractivity contribution is 9.10. The van der Waals surface area contributed by atoms with Gasteiger partial charge in [0.15, 0.2) is 5.43 Å². The van der Waals surface area contributed by atoms with Crippen molar-refractivity contribution in [2.75, 3.05) is 0 Å². The van der Waals surface area contributed by atoms with Crippen molar-refractivity contribution < 1.29 is 18.3 Å². The van der Waals surface area contributed by atoms with Gasteiger partial charge in [0, 0.05) is 21.7 Å². The Kier molecular flexibility index (Phi) is 3.01. The van der Waals surface area contributed by atoms with Gasteiger partial charge in [0.05, 0.1) is 20.7 Å². The first-order chi connectivity index (χ1) is 11.3. The van der Waals surface area contributed by atoms with Crippen LogP contribution < -0.4 is 5.43 Å². The van der Waals surface area contributed by atoms with Crippen LogP contribution in [0.15, 0.2) is 55.5 Å². The van der Waals surface area contributed by atoms with Crippen molar-refractivity contribution in [3.63, 3.8) is 0 Å². The van der Waals surface area contributed by atoms with E-state index in [1.807, 2.05) is 0 Å². The quantitative estimate of drug-likeness (QED) is 0.506. The number of sulfone groups is 1. The maximum absolute atomic E-state index is 12.7. The minimum absolute atomic E-state index is 0.0386. The van der Waals surface area contributed by atoms with E-state index in [0.717, 1.165) is 6.07 Å². The van der Waals surface area contributed by atoms with Gasteiger partial charge in [-0.05, 0) is 28.1 Å². The Morgan fingerprint density at radius 2 is 1.83 bits per heavy atom. The van der Waals surface area contributed by atoms with Crippen LogP contribution in [0, 0.1) is 0 Å². The molecule has 1 aromatic heterocycles. The summed E-state index contributed by atoms with van der Waals surface area (Å²) >= 11 is 3.24. The van der Waals surface area contributed by atoms with Crippen LogP contribution in [-0.4, -0.2) is 24.5 Å². The number of carboxylic acids is 1. The van der Waals surface area contributed by atoms with Crippen molar-refractivity contribution >= 4 is 42.6 Å². The summed E-state index contributed by atoms with van der Waals surface area (Å²) in [5, 5.41) is 9.26. The van der Waals surface area contributed by atoms with Crippen molar-refractivity contribution in [2.24, 2.45) is 0 Å². The van der Waals surface area contributed by atoms with Gasteiger partial charge in [-0.15, -0.1) is 0 Å². The van der Waals surface area contributed by atoms with Gasteiger partial charge in [-0.3, -0.25) is 4.79 Å². The Morgan fingerprint density at radius 3 is 2.54 bits per heavy atom. The van der Waals surface area contributed by atoms with Gasteiger partial charge in [0.1, 0.15) is 5.69 Å². The SMILES string of the molecule is O=C(O)c1cc(=O)c2c3c(cc(Br)c2[nH]1)S(=O)(=O)c1ccccc1-3. The van der Waals surface area contributed by atoms with E-state index in [0.29, 0.717) is 15.6 Å². The van der Waals surface area contributed by atoms with Crippen LogP contribution in [0.3, 0.4) is 0 Å². The van der Waals surface area contributed by atoms with Crippen LogP contribution in [0.4, 0.5) is 0 Å². The summed E-state index contributed by atoms with van der Waals surface area (Å²) in [6, 6.07) is 8.80. The number of H-pyrrole nitrogens is 1. The van der Waals surface area contributed by atoms with Gasteiger partial charge >= 0.3 is 5.97 Å². The highest BCUT2D eigenvalue weighted by Crippen LogP contribution is 2.47. The molecule has 0 aliphatic carbocycles. The number of fused-ring (bicyclic) bond motifs is 5. The molecular weight excluding hydrogens is 398 g/mol. The number of hydrogen-bond acceptors (Lipinski definition) is 4. The molecule has 6 nitrogen and oxygen atoms in total. The molecule has 2 N–H and O–H groups in total. The Hall–Kier alpha value is -2.45. The number of halogens is 1. The number of pyridine rings is 1. The molecule has 0 bridgehead atoms. The molecule has 8 heteroatoms. The van der Waals surface area contributed by atoms with E-state index in [1.165, 1.54) is 12.1 Å². The molecule has 2 aromatic carbocycles. The fourth-order valence-electron chi connectivity index (χ4n) is 2.99. The largest absolute Gasteiger partial charge is 0.477 e. The molecule has 0 amide bonds. The summed E-state index contributed by atoms with van der Waals surface area (Å²) in [6.07, 6.45) is 0. The lowest BCUT2D eigenvalue weighted by Gasteiger charge is -2.08. The minimum Gasteiger partial charge on any atom is -0.477 e. The maximum atomic E-state index is 12.7. The van der Waals surface area contributed by atoms with Gasteiger partial charge in [0.2, 0.25) is 9.84 Å². The van der Waals surface area contributed by atoms with Crippen molar-refractivity contribution in [3.8, 4) is 11.1 Å². The molecule has 0 atom stereocenters. The first-order valence-corrected chi connectivity index (χ1v) is 9.07. The number of benzene rings is 2. The monoisotopic (exact) mass is 405 g/mol. The lowest BCUT2D eigenvalue weighted by Crippen LogP contribution is -2.11. The first kappa shape index (κ1) is 15.1. The van der Waals surface area contributed by atoms with Crippen molar-refractivity contribution in [1.82, 2.24) is 4.98 Å². The van der Waals surface area contributed by atoms with E-state index in [1.54, 1.807) is 18.2 Å². The maximum Gasteiger partial charge on any atom is 0.352 e. The lowest BCUT2D eigenvalue weighted by molar-refractivity contribution is 0.0691. The number of carbonyl (C=O) groups is 1. The van der Waals surface area contributed by atoms with Crippen molar-refractivity contribution in [2.45, 2.75) is 9.79 Å². The average molecular weight is 406 g/mol. The highest BCUT2D eigenvalue weighted by Gasteiger charge is 2.35. The van der Waals surface area contributed by atoms with Gasteiger partial charge in [-0.25, -0.2) is 13.2 Å². The number of nitrogens with one attached hydrogen (secondary N) is 1. The molecule has 0 saturated carbocycles. The fraction of sp³-hybridized carbons (Fsp3) is 0. The van der Waals surface area contributed by atoms with Gasteiger partial charge in [-0.2, -0.15) is 0 Å². The zero-order valence-corrected chi connectivity index (χ0v) is 14.2. The highest BCUT2D eigenvalue weighted by atomic mass is 79.9. The summed E-state index contributed by atoms with van der Waals surface area (Å²) in [5.74, 6) is -1.27. The lowest BCUT2D eigenvalue weighted by atomic mass is 10.00. The average Bonchev–Trinajstić information content (AvgIpc) is 2.76. The normalized spacial score (nSPS) is 14.4. The van der Waals surface area contributed by atoms with Gasteiger partial charge in [0.25, 0.3) is 0 Å². The van der Waals surface area contributed by atoms with Crippen molar-refractivity contribution in [3.05, 3.63) is 56.8 Å². The van der Waals surface area contributed by atoms with Gasteiger partial charge in [-0.1, -0.05) is 18.2 Å². The number of carboxylic acid groups (broad SMARTS) is 1.